The Hall–Kier alpha value is -1.59. The van der Waals surface area contributed by atoms with Gasteiger partial charge in [-0.05, 0) is 25.2 Å². The van der Waals surface area contributed by atoms with Gasteiger partial charge in [0, 0.05) is 19.3 Å². The van der Waals surface area contributed by atoms with E-state index in [-0.39, 0.29) is 31.1 Å². The van der Waals surface area contributed by atoms with Crippen LogP contribution in [-0.4, -0.2) is 37.2 Å². The van der Waals surface area contributed by atoms with Gasteiger partial charge in [0.25, 0.3) is 0 Å². The van der Waals surface area contributed by atoms with Gasteiger partial charge in [0.15, 0.2) is 6.10 Å². The molecule has 0 amide bonds. The summed E-state index contributed by atoms with van der Waals surface area (Å²) in [7, 11) is 0. The van der Waals surface area contributed by atoms with Crippen LogP contribution in [0.1, 0.15) is 265 Å². The summed E-state index contributed by atoms with van der Waals surface area (Å²) in [5, 5.41) is 0. The van der Waals surface area contributed by atoms with E-state index in [1.165, 1.54) is 161 Å². The van der Waals surface area contributed by atoms with Gasteiger partial charge in [-0.3, -0.25) is 14.4 Å². The summed E-state index contributed by atoms with van der Waals surface area (Å²) in [6.07, 6.45) is 42.3. The van der Waals surface area contributed by atoms with E-state index in [0.717, 1.165) is 63.7 Å². The fourth-order valence-corrected chi connectivity index (χ4v) is 7.16. The second-order valence-electron chi connectivity index (χ2n) is 16.9. The van der Waals surface area contributed by atoms with E-state index in [2.05, 4.69) is 27.7 Å². The summed E-state index contributed by atoms with van der Waals surface area (Å²) >= 11 is 0. The van der Waals surface area contributed by atoms with E-state index in [1.54, 1.807) is 0 Å². The molecule has 0 aromatic rings. The molecule has 0 aromatic heterocycles. The third-order valence-electron chi connectivity index (χ3n) is 10.8. The first-order valence-corrected chi connectivity index (χ1v) is 23.9. The highest BCUT2D eigenvalue weighted by Crippen LogP contribution is 2.16. The van der Waals surface area contributed by atoms with E-state index < -0.39 is 6.10 Å². The number of hydrogen-bond acceptors (Lipinski definition) is 6. The molecule has 6 heteroatoms. The Morgan fingerprint density at radius 1 is 0.352 bits per heavy atom. The van der Waals surface area contributed by atoms with Gasteiger partial charge in [0.2, 0.25) is 0 Å². The molecule has 0 spiro atoms. The van der Waals surface area contributed by atoms with E-state index in [4.69, 9.17) is 14.2 Å². The Labute approximate surface area is 336 Å². The van der Waals surface area contributed by atoms with Crippen molar-refractivity contribution in [3.8, 4) is 0 Å². The van der Waals surface area contributed by atoms with Crippen molar-refractivity contribution in [2.75, 3.05) is 13.2 Å². The Kier molecular flexibility index (Phi) is 41.3. The lowest BCUT2D eigenvalue weighted by atomic mass is 10.0. The van der Waals surface area contributed by atoms with Gasteiger partial charge in [-0.2, -0.15) is 0 Å². The molecule has 0 aliphatic heterocycles. The number of unbranched alkanes of at least 4 members (excludes halogenated alkanes) is 30. The molecular weight excluding hydrogens is 673 g/mol. The first-order chi connectivity index (χ1) is 26.4. The normalized spacial score (nSPS) is 11.9. The van der Waals surface area contributed by atoms with Crippen LogP contribution in [0.2, 0.25) is 0 Å². The molecule has 0 aliphatic carbocycles. The molecule has 0 saturated heterocycles. The predicted octanol–water partition coefficient (Wildman–Crippen LogP) is 15.1. The van der Waals surface area contributed by atoms with Crippen LogP contribution in [0.5, 0.6) is 0 Å². The molecule has 1 atom stereocenters. The van der Waals surface area contributed by atoms with Crippen LogP contribution in [-0.2, 0) is 28.6 Å². The van der Waals surface area contributed by atoms with Crippen LogP contribution >= 0.6 is 0 Å². The molecule has 54 heavy (non-hydrogen) atoms. The van der Waals surface area contributed by atoms with Crippen molar-refractivity contribution in [1.82, 2.24) is 0 Å². The first-order valence-electron chi connectivity index (χ1n) is 23.9. The molecule has 0 aliphatic rings. The molecule has 0 heterocycles. The highest BCUT2D eigenvalue weighted by Gasteiger charge is 2.19. The summed E-state index contributed by atoms with van der Waals surface area (Å²) in [5.74, 6) is -0.0439. The Morgan fingerprint density at radius 3 is 0.907 bits per heavy atom. The summed E-state index contributed by atoms with van der Waals surface area (Å²) < 4.78 is 16.7. The minimum Gasteiger partial charge on any atom is -0.462 e. The molecule has 0 aromatic carbocycles. The quantitative estimate of drug-likeness (QED) is 0.0349. The predicted molar refractivity (Wildman–Crippen MR) is 229 cm³/mol. The molecular formula is C48H92O6. The van der Waals surface area contributed by atoms with Gasteiger partial charge in [0.05, 0.1) is 0 Å². The summed E-state index contributed by atoms with van der Waals surface area (Å²) in [6.45, 7) is 8.98. The number of carbonyl (C=O) groups is 3. The second kappa shape index (κ2) is 42.6. The molecule has 320 valence electrons. The van der Waals surface area contributed by atoms with Crippen molar-refractivity contribution in [2.45, 2.75) is 271 Å². The maximum atomic E-state index is 12.7. The van der Waals surface area contributed by atoms with Crippen LogP contribution < -0.4 is 0 Å². The third-order valence-corrected chi connectivity index (χ3v) is 10.8. The SMILES string of the molecule is CCCCCCCCCCCCCCCCC(=O)OC[C@H](COC(=O)CCCCCCCCCCCC(C)C)OC(=O)CCCCCCCCCCCC. The molecule has 0 unspecified atom stereocenters. The van der Waals surface area contributed by atoms with Crippen LogP contribution in [0.3, 0.4) is 0 Å². The zero-order chi connectivity index (χ0) is 39.6. The van der Waals surface area contributed by atoms with Crippen LogP contribution in [0.15, 0.2) is 0 Å². The molecule has 0 bridgehead atoms. The first kappa shape index (κ1) is 52.4. The number of carbonyl (C=O) groups excluding carboxylic acids is 3. The van der Waals surface area contributed by atoms with Crippen LogP contribution in [0.25, 0.3) is 0 Å². The second-order valence-corrected chi connectivity index (χ2v) is 16.9. The number of esters is 3. The highest BCUT2D eigenvalue weighted by molar-refractivity contribution is 5.71. The monoisotopic (exact) mass is 765 g/mol. The molecule has 0 saturated carbocycles. The van der Waals surface area contributed by atoms with Crippen LogP contribution in [0.4, 0.5) is 0 Å². The van der Waals surface area contributed by atoms with Gasteiger partial charge in [-0.1, -0.05) is 227 Å². The lowest BCUT2D eigenvalue weighted by molar-refractivity contribution is -0.167. The Morgan fingerprint density at radius 2 is 0.611 bits per heavy atom. The van der Waals surface area contributed by atoms with E-state index in [9.17, 15) is 14.4 Å². The fourth-order valence-electron chi connectivity index (χ4n) is 7.16. The largest absolute Gasteiger partial charge is 0.462 e. The third kappa shape index (κ3) is 41.6. The number of rotatable bonds is 43. The van der Waals surface area contributed by atoms with Gasteiger partial charge in [-0.25, -0.2) is 0 Å². The fraction of sp³-hybridized carbons (Fsp3) is 0.938. The molecule has 0 rings (SSSR count). The van der Waals surface area contributed by atoms with Gasteiger partial charge < -0.3 is 14.2 Å². The minimum atomic E-state index is -0.759. The van der Waals surface area contributed by atoms with Crippen molar-refractivity contribution in [2.24, 2.45) is 5.92 Å². The van der Waals surface area contributed by atoms with Crippen molar-refractivity contribution in [3.63, 3.8) is 0 Å². The maximum Gasteiger partial charge on any atom is 0.306 e. The zero-order valence-electron chi connectivity index (χ0n) is 36.7. The van der Waals surface area contributed by atoms with Gasteiger partial charge >= 0.3 is 17.9 Å². The summed E-state index contributed by atoms with van der Waals surface area (Å²) in [6, 6.07) is 0. The molecule has 0 N–H and O–H groups in total. The number of hydrogen-bond donors (Lipinski definition) is 0. The topological polar surface area (TPSA) is 78.9 Å². The maximum absolute atomic E-state index is 12.7. The average Bonchev–Trinajstić information content (AvgIpc) is 3.15. The standard InChI is InChI=1S/C48H92O6/c1-5-7-9-11-13-15-17-18-19-20-24-27-31-35-39-46(49)52-42-45(54-48(51)41-37-33-29-23-16-14-12-10-8-6-2)43-53-47(50)40-36-32-28-25-21-22-26-30-34-38-44(3)4/h44-45H,5-43H2,1-4H3/t45-/m1/s1. The smallest absolute Gasteiger partial charge is 0.306 e. The zero-order valence-corrected chi connectivity index (χ0v) is 36.7. The minimum absolute atomic E-state index is 0.0635. The number of ether oxygens (including phenoxy) is 3. The lowest BCUT2D eigenvalue weighted by Crippen LogP contribution is -2.30. The highest BCUT2D eigenvalue weighted by atomic mass is 16.6. The van der Waals surface area contributed by atoms with Crippen molar-refractivity contribution < 1.29 is 28.6 Å². The average molecular weight is 765 g/mol. The Bertz CT molecular complexity index is 811. The van der Waals surface area contributed by atoms with Crippen molar-refractivity contribution in [1.29, 1.82) is 0 Å². The Balaban J connectivity index is 4.30. The molecule has 6 nitrogen and oxygen atoms in total. The molecule has 0 fully saturated rings. The summed E-state index contributed by atoms with van der Waals surface area (Å²) in [4.78, 5) is 37.7. The lowest BCUT2D eigenvalue weighted by Gasteiger charge is -2.18. The summed E-state index contributed by atoms with van der Waals surface area (Å²) in [5.41, 5.74) is 0. The van der Waals surface area contributed by atoms with E-state index >= 15 is 0 Å². The van der Waals surface area contributed by atoms with Crippen LogP contribution in [0, 0.1) is 5.92 Å². The molecule has 0 radical (unpaired) electrons. The van der Waals surface area contributed by atoms with Gasteiger partial charge in [-0.15, -0.1) is 0 Å². The van der Waals surface area contributed by atoms with Gasteiger partial charge in [0.1, 0.15) is 13.2 Å². The van der Waals surface area contributed by atoms with Crippen molar-refractivity contribution >= 4 is 17.9 Å². The van der Waals surface area contributed by atoms with E-state index in [0.29, 0.717) is 19.3 Å². The van der Waals surface area contributed by atoms with Crippen molar-refractivity contribution in [3.05, 3.63) is 0 Å². The van der Waals surface area contributed by atoms with E-state index in [1.807, 2.05) is 0 Å².